The van der Waals surface area contributed by atoms with E-state index < -0.39 is 17.5 Å². The van der Waals surface area contributed by atoms with Crippen LogP contribution in [-0.4, -0.2) is 20.5 Å². The van der Waals surface area contributed by atoms with Crippen LogP contribution in [0.5, 0.6) is 0 Å². The molecule has 0 aliphatic carbocycles. The Hall–Kier alpha value is -3.13. The molecule has 0 aliphatic heterocycles. The second-order valence-corrected chi connectivity index (χ2v) is 6.97. The molecular weight excluding hydrogens is 370 g/mol. The Morgan fingerprint density at radius 2 is 1.96 bits per heavy atom. The molecule has 1 amide bonds. The molecule has 3 aromatic heterocycles. The van der Waals surface area contributed by atoms with E-state index in [0.29, 0.717) is 11.2 Å². The van der Waals surface area contributed by atoms with Gasteiger partial charge in [0.2, 0.25) is 0 Å². The summed E-state index contributed by atoms with van der Waals surface area (Å²) in [6.45, 7) is 1.83. The third-order valence-electron chi connectivity index (χ3n) is 3.99. The predicted molar refractivity (Wildman–Crippen MR) is 98.6 cm³/mol. The van der Waals surface area contributed by atoms with Gasteiger partial charge in [0.25, 0.3) is 5.91 Å². The zero-order valence-electron chi connectivity index (χ0n) is 14.2. The van der Waals surface area contributed by atoms with Crippen molar-refractivity contribution in [2.75, 3.05) is 0 Å². The molecule has 27 heavy (non-hydrogen) atoms. The van der Waals surface area contributed by atoms with Gasteiger partial charge in [-0.05, 0) is 42.1 Å². The van der Waals surface area contributed by atoms with Crippen molar-refractivity contribution in [2.24, 2.45) is 0 Å². The largest absolute Gasteiger partial charge is 0.347 e. The first-order valence-electron chi connectivity index (χ1n) is 8.14. The summed E-state index contributed by atoms with van der Waals surface area (Å²) >= 11 is 1.57. The maximum Gasteiger partial charge on any atom is 0.270 e. The van der Waals surface area contributed by atoms with E-state index in [0.717, 1.165) is 22.3 Å². The average molecular weight is 384 g/mol. The lowest BCUT2D eigenvalue weighted by atomic mass is 10.2. The van der Waals surface area contributed by atoms with Gasteiger partial charge in [-0.1, -0.05) is 6.07 Å². The molecule has 0 saturated heterocycles. The van der Waals surface area contributed by atoms with Crippen molar-refractivity contribution in [3.8, 4) is 10.6 Å². The summed E-state index contributed by atoms with van der Waals surface area (Å²) in [6, 6.07) is 10.5. The number of carbonyl (C=O) groups excluding carboxylic acids is 1. The minimum atomic E-state index is -0.685. The fourth-order valence-electron chi connectivity index (χ4n) is 2.77. The Balaban J connectivity index is 1.58. The highest BCUT2D eigenvalue weighted by Gasteiger charge is 2.14. The highest BCUT2D eigenvalue weighted by molar-refractivity contribution is 7.13. The lowest BCUT2D eigenvalue weighted by molar-refractivity contribution is 0.0945. The summed E-state index contributed by atoms with van der Waals surface area (Å²) < 4.78 is 28.2. The number of amides is 1. The van der Waals surface area contributed by atoms with E-state index in [9.17, 15) is 13.6 Å². The van der Waals surface area contributed by atoms with Gasteiger partial charge in [0.1, 0.15) is 23.0 Å². The Labute approximate surface area is 157 Å². The van der Waals surface area contributed by atoms with E-state index in [4.69, 9.17) is 0 Å². The minimum absolute atomic E-state index is 0.000865. The summed E-state index contributed by atoms with van der Waals surface area (Å²) in [4.78, 5) is 17.8. The number of benzene rings is 1. The fraction of sp³-hybridized carbons (Fsp3) is 0.105. The Morgan fingerprint density at radius 1 is 1.19 bits per heavy atom. The molecule has 136 valence electrons. The van der Waals surface area contributed by atoms with Gasteiger partial charge in [-0.15, -0.1) is 11.3 Å². The quantitative estimate of drug-likeness (QED) is 0.579. The molecule has 1 aromatic carbocycles. The zero-order valence-corrected chi connectivity index (χ0v) is 15.1. The van der Waals surface area contributed by atoms with E-state index in [1.165, 1.54) is 12.1 Å². The fourth-order valence-corrected chi connectivity index (χ4v) is 3.45. The second-order valence-electron chi connectivity index (χ2n) is 6.02. The summed E-state index contributed by atoms with van der Waals surface area (Å²) in [5.41, 5.74) is 2.65. The van der Waals surface area contributed by atoms with Crippen LogP contribution in [0.25, 0.3) is 16.2 Å². The van der Waals surface area contributed by atoms with Crippen molar-refractivity contribution < 1.29 is 13.6 Å². The van der Waals surface area contributed by atoms with Crippen molar-refractivity contribution in [3.63, 3.8) is 0 Å². The molecule has 0 saturated carbocycles. The SMILES string of the molecule is Cc1cc(C(=O)NCc2cc(F)cc(F)c2)nc2cc(-c3cccs3)nn12. The minimum Gasteiger partial charge on any atom is -0.347 e. The molecule has 0 bridgehead atoms. The summed E-state index contributed by atoms with van der Waals surface area (Å²) in [5, 5.41) is 9.12. The number of nitrogens with one attached hydrogen (secondary N) is 1. The molecule has 3 heterocycles. The number of thiophene rings is 1. The molecule has 0 aliphatic rings. The van der Waals surface area contributed by atoms with Gasteiger partial charge < -0.3 is 5.32 Å². The van der Waals surface area contributed by atoms with Crippen LogP contribution < -0.4 is 5.32 Å². The standard InChI is InChI=1S/C19H14F2N4OS/c1-11-5-16(19(26)22-10-12-6-13(20)8-14(21)7-12)23-18-9-15(24-25(11)18)17-3-2-4-27-17/h2-9H,10H2,1H3,(H,22,26). The van der Waals surface area contributed by atoms with Crippen LogP contribution >= 0.6 is 11.3 Å². The van der Waals surface area contributed by atoms with Crippen molar-refractivity contribution in [3.05, 3.63) is 76.4 Å². The third-order valence-corrected chi connectivity index (χ3v) is 4.88. The molecule has 0 fully saturated rings. The van der Waals surface area contributed by atoms with Crippen LogP contribution in [-0.2, 0) is 6.54 Å². The Morgan fingerprint density at radius 3 is 2.67 bits per heavy atom. The van der Waals surface area contributed by atoms with Crippen LogP contribution in [0.3, 0.4) is 0 Å². The topological polar surface area (TPSA) is 59.3 Å². The number of nitrogens with zero attached hydrogens (tertiary/aromatic N) is 3. The van der Waals surface area contributed by atoms with Gasteiger partial charge in [-0.3, -0.25) is 4.79 Å². The second kappa shape index (κ2) is 6.88. The molecule has 5 nitrogen and oxygen atoms in total. The first-order valence-corrected chi connectivity index (χ1v) is 9.02. The molecule has 0 spiro atoms. The highest BCUT2D eigenvalue weighted by Crippen LogP contribution is 2.24. The van der Waals surface area contributed by atoms with E-state index >= 15 is 0 Å². The number of aryl methyl sites for hydroxylation is 1. The number of aromatic nitrogens is 3. The number of carbonyl (C=O) groups is 1. The van der Waals surface area contributed by atoms with Gasteiger partial charge in [0, 0.05) is 24.4 Å². The van der Waals surface area contributed by atoms with Crippen LogP contribution in [0.15, 0.2) is 47.8 Å². The monoisotopic (exact) mass is 384 g/mol. The highest BCUT2D eigenvalue weighted by atomic mass is 32.1. The first kappa shape index (κ1) is 17.3. The van der Waals surface area contributed by atoms with Crippen LogP contribution in [0.4, 0.5) is 8.78 Å². The molecule has 4 rings (SSSR count). The maximum atomic E-state index is 13.2. The van der Waals surface area contributed by atoms with Crippen molar-refractivity contribution in [1.29, 1.82) is 0 Å². The van der Waals surface area contributed by atoms with Gasteiger partial charge in [-0.25, -0.2) is 18.3 Å². The normalized spacial score (nSPS) is 11.1. The third kappa shape index (κ3) is 3.56. The summed E-state index contributed by atoms with van der Waals surface area (Å²) in [7, 11) is 0. The molecule has 0 radical (unpaired) electrons. The van der Waals surface area contributed by atoms with Gasteiger partial charge in [0.15, 0.2) is 5.65 Å². The van der Waals surface area contributed by atoms with Crippen LogP contribution in [0.1, 0.15) is 21.7 Å². The molecule has 1 N–H and O–H groups in total. The number of hydrogen-bond acceptors (Lipinski definition) is 4. The molecular formula is C19H14F2N4OS. The first-order chi connectivity index (χ1) is 13.0. The predicted octanol–water partition coefficient (Wildman–Crippen LogP) is 3.97. The van der Waals surface area contributed by atoms with E-state index in [2.05, 4.69) is 15.4 Å². The summed E-state index contributed by atoms with van der Waals surface area (Å²) in [6.07, 6.45) is 0. The molecule has 8 heteroatoms. The van der Waals surface area contributed by atoms with Crippen LogP contribution in [0.2, 0.25) is 0 Å². The Bertz CT molecular complexity index is 1120. The van der Waals surface area contributed by atoms with Crippen LogP contribution in [0, 0.1) is 18.6 Å². The lowest BCUT2D eigenvalue weighted by Gasteiger charge is -2.07. The number of fused-ring (bicyclic) bond motifs is 1. The van der Waals surface area contributed by atoms with E-state index in [1.807, 2.05) is 30.5 Å². The molecule has 0 unspecified atom stereocenters. The van der Waals surface area contributed by atoms with Gasteiger partial charge in [0.05, 0.1) is 4.88 Å². The van der Waals surface area contributed by atoms with E-state index in [1.54, 1.807) is 21.9 Å². The molecule has 4 aromatic rings. The van der Waals surface area contributed by atoms with E-state index in [-0.39, 0.29) is 12.2 Å². The smallest absolute Gasteiger partial charge is 0.270 e. The number of halogens is 2. The molecule has 0 atom stereocenters. The zero-order chi connectivity index (χ0) is 19.0. The van der Waals surface area contributed by atoms with Gasteiger partial charge in [-0.2, -0.15) is 5.10 Å². The Kier molecular flexibility index (Phi) is 4.41. The average Bonchev–Trinajstić information content (AvgIpc) is 3.28. The van der Waals surface area contributed by atoms with Gasteiger partial charge >= 0.3 is 0 Å². The number of hydrogen-bond donors (Lipinski definition) is 1. The van der Waals surface area contributed by atoms with Crippen molar-refractivity contribution in [1.82, 2.24) is 19.9 Å². The van der Waals surface area contributed by atoms with Crippen molar-refractivity contribution >= 4 is 22.9 Å². The maximum absolute atomic E-state index is 13.2. The lowest BCUT2D eigenvalue weighted by Crippen LogP contribution is -2.24. The number of rotatable bonds is 4. The summed E-state index contributed by atoms with van der Waals surface area (Å²) in [5.74, 6) is -1.80. The van der Waals surface area contributed by atoms with Crippen molar-refractivity contribution in [2.45, 2.75) is 13.5 Å².